The van der Waals surface area contributed by atoms with Crippen LogP contribution in [0, 0.1) is 0 Å². The van der Waals surface area contributed by atoms with E-state index in [0.29, 0.717) is 0 Å². The smallest absolute Gasteiger partial charge is 0.191 e. The molecule has 0 aromatic heterocycles. The van der Waals surface area contributed by atoms with E-state index in [2.05, 4.69) is 27.4 Å². The van der Waals surface area contributed by atoms with Crippen molar-refractivity contribution in [2.24, 2.45) is 4.99 Å². The zero-order valence-corrected chi connectivity index (χ0v) is 13.3. The Morgan fingerprint density at radius 1 is 1.10 bits per heavy atom. The number of aliphatic imine (C=N–C) groups is 1. The van der Waals surface area contributed by atoms with Gasteiger partial charge in [-0.3, -0.25) is 4.99 Å². The van der Waals surface area contributed by atoms with Gasteiger partial charge in [-0.15, -0.1) is 0 Å². The Bertz CT molecular complexity index is 250. The van der Waals surface area contributed by atoms with E-state index < -0.39 is 0 Å². The Kier molecular flexibility index (Phi) is 10.3. The molecule has 0 radical (unpaired) electrons. The average molecular weight is 284 g/mol. The van der Waals surface area contributed by atoms with Crippen LogP contribution in [0.25, 0.3) is 0 Å². The number of nitrogens with zero attached hydrogens (tertiary/aromatic N) is 2. The minimum Gasteiger partial charge on any atom is -0.380 e. The molecule has 1 fully saturated rings. The lowest BCUT2D eigenvalue weighted by Crippen LogP contribution is -2.39. The van der Waals surface area contributed by atoms with Crippen molar-refractivity contribution in [3.63, 3.8) is 0 Å². The maximum atomic E-state index is 5.32. The Labute approximate surface area is 124 Å². The maximum absolute atomic E-state index is 5.32. The summed E-state index contributed by atoms with van der Waals surface area (Å²) in [6, 6.07) is 0. The van der Waals surface area contributed by atoms with Gasteiger partial charge in [0.05, 0.1) is 13.2 Å². The molecule has 1 saturated heterocycles. The van der Waals surface area contributed by atoms with Crippen LogP contribution in [-0.4, -0.2) is 63.3 Å². The van der Waals surface area contributed by atoms with Crippen molar-refractivity contribution in [2.75, 3.05) is 52.5 Å². The summed E-state index contributed by atoms with van der Waals surface area (Å²) in [4.78, 5) is 7.17. The lowest BCUT2D eigenvalue weighted by atomic mass is 10.2. The predicted octanol–water partition coefficient (Wildman–Crippen LogP) is 1.45. The van der Waals surface area contributed by atoms with Crippen LogP contribution in [0.15, 0.2) is 4.99 Å². The molecule has 1 aliphatic heterocycles. The summed E-state index contributed by atoms with van der Waals surface area (Å²) in [7, 11) is 0. The highest BCUT2D eigenvalue weighted by atomic mass is 16.5. The first kappa shape index (κ1) is 17.2. The van der Waals surface area contributed by atoms with Crippen LogP contribution in [-0.2, 0) is 4.74 Å². The summed E-state index contributed by atoms with van der Waals surface area (Å²) in [6.45, 7) is 11.7. The van der Waals surface area contributed by atoms with Gasteiger partial charge in [0.2, 0.25) is 0 Å². The molecule has 0 amide bonds. The van der Waals surface area contributed by atoms with Crippen LogP contribution in [0.1, 0.15) is 39.5 Å². The third kappa shape index (κ3) is 8.38. The van der Waals surface area contributed by atoms with E-state index in [-0.39, 0.29) is 0 Å². The standard InChI is InChI=1S/C15H32N4O/c1-3-16-15(18-10-14-20-4-2)17-9-13-19-11-7-5-6-8-12-19/h3-14H2,1-2H3,(H2,16,17,18). The van der Waals surface area contributed by atoms with Crippen molar-refractivity contribution >= 4 is 5.96 Å². The summed E-state index contributed by atoms with van der Waals surface area (Å²) < 4.78 is 5.32. The molecule has 0 aromatic carbocycles. The molecule has 5 heteroatoms. The zero-order chi connectivity index (χ0) is 14.5. The first-order chi connectivity index (χ1) is 9.86. The van der Waals surface area contributed by atoms with Crippen LogP contribution < -0.4 is 10.6 Å². The zero-order valence-electron chi connectivity index (χ0n) is 13.3. The van der Waals surface area contributed by atoms with Gasteiger partial charge in [-0.2, -0.15) is 0 Å². The molecule has 20 heavy (non-hydrogen) atoms. The summed E-state index contributed by atoms with van der Waals surface area (Å²) >= 11 is 0. The van der Waals surface area contributed by atoms with Gasteiger partial charge in [0.1, 0.15) is 0 Å². The number of likely N-dealkylation sites (tertiary alicyclic amines) is 1. The van der Waals surface area contributed by atoms with Gasteiger partial charge in [0, 0.05) is 26.2 Å². The quantitative estimate of drug-likeness (QED) is 0.402. The van der Waals surface area contributed by atoms with Crippen LogP contribution in [0.2, 0.25) is 0 Å². The lowest BCUT2D eigenvalue weighted by molar-refractivity contribution is 0.152. The molecule has 0 atom stereocenters. The minimum atomic E-state index is 0.729. The Morgan fingerprint density at radius 2 is 1.85 bits per heavy atom. The second kappa shape index (κ2) is 12.0. The highest BCUT2D eigenvalue weighted by Gasteiger charge is 2.07. The van der Waals surface area contributed by atoms with Crippen molar-refractivity contribution in [1.82, 2.24) is 15.5 Å². The minimum absolute atomic E-state index is 0.729. The van der Waals surface area contributed by atoms with E-state index in [1.54, 1.807) is 0 Å². The Balaban J connectivity index is 2.22. The van der Waals surface area contributed by atoms with Gasteiger partial charge >= 0.3 is 0 Å². The van der Waals surface area contributed by atoms with Gasteiger partial charge in [0.25, 0.3) is 0 Å². The first-order valence-corrected chi connectivity index (χ1v) is 8.19. The molecule has 1 heterocycles. The molecule has 1 rings (SSSR count). The van der Waals surface area contributed by atoms with Crippen molar-refractivity contribution < 1.29 is 4.74 Å². The van der Waals surface area contributed by atoms with E-state index in [1.807, 2.05) is 6.92 Å². The molecular weight excluding hydrogens is 252 g/mol. The van der Waals surface area contributed by atoms with Gasteiger partial charge < -0.3 is 20.3 Å². The Morgan fingerprint density at radius 3 is 2.50 bits per heavy atom. The lowest BCUT2D eigenvalue weighted by Gasteiger charge is -2.18. The number of ether oxygens (including phenoxy) is 1. The second-order valence-corrected chi connectivity index (χ2v) is 5.14. The van der Waals surface area contributed by atoms with E-state index >= 15 is 0 Å². The van der Waals surface area contributed by atoms with Crippen LogP contribution >= 0.6 is 0 Å². The summed E-state index contributed by atoms with van der Waals surface area (Å²) in [5, 5.41) is 6.58. The van der Waals surface area contributed by atoms with Crippen LogP contribution in [0.5, 0.6) is 0 Å². The van der Waals surface area contributed by atoms with Gasteiger partial charge in [0.15, 0.2) is 5.96 Å². The van der Waals surface area contributed by atoms with E-state index in [1.165, 1.54) is 38.8 Å². The summed E-state index contributed by atoms with van der Waals surface area (Å²) in [5.41, 5.74) is 0. The van der Waals surface area contributed by atoms with Gasteiger partial charge in [-0.1, -0.05) is 12.8 Å². The average Bonchev–Trinajstić information content (AvgIpc) is 2.72. The first-order valence-electron chi connectivity index (χ1n) is 8.19. The number of hydrogen-bond acceptors (Lipinski definition) is 3. The fraction of sp³-hybridized carbons (Fsp3) is 0.933. The second-order valence-electron chi connectivity index (χ2n) is 5.14. The largest absolute Gasteiger partial charge is 0.380 e. The van der Waals surface area contributed by atoms with E-state index in [0.717, 1.165) is 45.4 Å². The third-order valence-corrected chi connectivity index (χ3v) is 3.47. The summed E-state index contributed by atoms with van der Waals surface area (Å²) in [5.74, 6) is 0.905. The molecule has 2 N–H and O–H groups in total. The van der Waals surface area contributed by atoms with Crippen LogP contribution in [0.4, 0.5) is 0 Å². The normalized spacial score (nSPS) is 17.8. The third-order valence-electron chi connectivity index (χ3n) is 3.47. The van der Waals surface area contributed by atoms with Crippen molar-refractivity contribution in [2.45, 2.75) is 39.5 Å². The molecule has 0 spiro atoms. The fourth-order valence-electron chi connectivity index (χ4n) is 2.39. The van der Waals surface area contributed by atoms with Crippen molar-refractivity contribution in [3.05, 3.63) is 0 Å². The highest BCUT2D eigenvalue weighted by Crippen LogP contribution is 2.08. The Hall–Kier alpha value is -0.810. The highest BCUT2D eigenvalue weighted by molar-refractivity contribution is 5.79. The van der Waals surface area contributed by atoms with Gasteiger partial charge in [-0.05, 0) is 39.8 Å². The molecule has 1 aliphatic rings. The predicted molar refractivity (Wildman–Crippen MR) is 85.4 cm³/mol. The molecule has 5 nitrogen and oxygen atoms in total. The molecular formula is C15H32N4O. The van der Waals surface area contributed by atoms with Crippen LogP contribution in [0.3, 0.4) is 0 Å². The van der Waals surface area contributed by atoms with Crippen molar-refractivity contribution in [1.29, 1.82) is 0 Å². The summed E-state index contributed by atoms with van der Waals surface area (Å²) in [6.07, 6.45) is 5.47. The van der Waals surface area contributed by atoms with E-state index in [9.17, 15) is 0 Å². The number of hydrogen-bond donors (Lipinski definition) is 2. The van der Waals surface area contributed by atoms with Crippen molar-refractivity contribution in [3.8, 4) is 0 Å². The SMILES string of the molecule is CCNC(=NCCN1CCCCCC1)NCCOCC. The topological polar surface area (TPSA) is 48.9 Å². The molecule has 0 aliphatic carbocycles. The molecule has 0 saturated carbocycles. The molecule has 118 valence electrons. The fourth-order valence-corrected chi connectivity index (χ4v) is 2.39. The molecule has 0 unspecified atom stereocenters. The maximum Gasteiger partial charge on any atom is 0.191 e. The number of nitrogens with one attached hydrogen (secondary N) is 2. The van der Waals surface area contributed by atoms with E-state index in [4.69, 9.17) is 4.74 Å². The monoisotopic (exact) mass is 284 g/mol. The van der Waals surface area contributed by atoms with Gasteiger partial charge in [-0.25, -0.2) is 0 Å². The number of guanidine groups is 1. The molecule has 0 bridgehead atoms. The number of rotatable bonds is 8. The molecule has 0 aromatic rings.